The average Bonchev–Trinajstić information content (AvgIpc) is 3.29. The summed E-state index contributed by atoms with van der Waals surface area (Å²) >= 11 is 0. The number of anilines is 1. The molecule has 0 amide bonds. The molecule has 4 aromatic rings. The second-order valence-corrected chi connectivity index (χ2v) is 10.5. The van der Waals surface area contributed by atoms with Crippen molar-refractivity contribution >= 4 is 32.3 Å². The molecule has 32 heavy (non-hydrogen) atoms. The van der Waals surface area contributed by atoms with Crippen LogP contribution in [0.3, 0.4) is 0 Å². The highest BCUT2D eigenvalue weighted by Gasteiger charge is 2.33. The number of hydrogen-bond donors (Lipinski definition) is 1. The largest absolute Gasteiger partial charge is 0.317 e. The normalized spacial score (nSPS) is 15.1. The summed E-state index contributed by atoms with van der Waals surface area (Å²) in [6.45, 7) is 3.79. The second-order valence-electron chi connectivity index (χ2n) is 8.61. The first kappa shape index (κ1) is 20.6. The zero-order chi connectivity index (χ0) is 22.6. The molecule has 7 nitrogen and oxygen atoms in total. The summed E-state index contributed by atoms with van der Waals surface area (Å²) in [5, 5.41) is 0.250. The predicted molar refractivity (Wildman–Crippen MR) is 122 cm³/mol. The SMILES string of the molecule is Cc1ccc(S(=O)(=O)c2cc3c(=O)n4cc(C)ccc4nc3[n+](C3CCCC3)c2N)cc1. The van der Waals surface area contributed by atoms with Crippen LogP contribution < -0.4 is 15.9 Å². The van der Waals surface area contributed by atoms with Gasteiger partial charge in [-0.15, -0.1) is 0 Å². The molecule has 0 radical (unpaired) electrons. The summed E-state index contributed by atoms with van der Waals surface area (Å²) in [4.78, 5) is 18.3. The quantitative estimate of drug-likeness (QED) is 0.382. The molecule has 2 N–H and O–H groups in total. The number of nitrogen functional groups attached to an aromatic ring is 1. The number of aryl methyl sites for hydroxylation is 2. The lowest BCUT2D eigenvalue weighted by atomic mass is 10.2. The van der Waals surface area contributed by atoms with Crippen LogP contribution >= 0.6 is 0 Å². The van der Waals surface area contributed by atoms with E-state index in [9.17, 15) is 13.2 Å². The Kier molecular flexibility index (Phi) is 4.78. The van der Waals surface area contributed by atoms with E-state index in [4.69, 9.17) is 10.7 Å². The first-order valence-corrected chi connectivity index (χ1v) is 12.2. The molecule has 3 heterocycles. The molecule has 0 aliphatic heterocycles. The highest BCUT2D eigenvalue weighted by atomic mass is 32.2. The summed E-state index contributed by atoms with van der Waals surface area (Å²) in [6.07, 6.45) is 5.51. The van der Waals surface area contributed by atoms with Gasteiger partial charge in [-0.05, 0) is 69.4 Å². The lowest BCUT2D eigenvalue weighted by Gasteiger charge is -2.17. The van der Waals surface area contributed by atoms with E-state index in [1.165, 1.54) is 10.5 Å². The Labute approximate surface area is 186 Å². The maximum atomic E-state index is 13.6. The number of aromatic nitrogens is 3. The van der Waals surface area contributed by atoms with Gasteiger partial charge in [-0.2, -0.15) is 0 Å². The first-order chi connectivity index (χ1) is 15.3. The Morgan fingerprint density at radius 3 is 2.38 bits per heavy atom. The third-order valence-electron chi connectivity index (χ3n) is 6.31. The van der Waals surface area contributed by atoms with Crippen LogP contribution in [-0.4, -0.2) is 17.8 Å². The summed E-state index contributed by atoms with van der Waals surface area (Å²) < 4.78 is 30.4. The highest BCUT2D eigenvalue weighted by Crippen LogP contribution is 2.31. The lowest BCUT2D eigenvalue weighted by Crippen LogP contribution is -2.44. The van der Waals surface area contributed by atoms with E-state index in [0.717, 1.165) is 36.8 Å². The Hall–Kier alpha value is -3.26. The number of nitrogens with two attached hydrogens (primary N) is 1. The highest BCUT2D eigenvalue weighted by molar-refractivity contribution is 7.91. The van der Waals surface area contributed by atoms with Gasteiger partial charge in [0, 0.05) is 6.20 Å². The van der Waals surface area contributed by atoms with Crippen LogP contribution in [0.1, 0.15) is 42.9 Å². The molecule has 1 saturated carbocycles. The molecular formula is C24H25N4O3S+. The fourth-order valence-corrected chi connectivity index (χ4v) is 5.98. The number of sulfone groups is 1. The summed E-state index contributed by atoms with van der Waals surface area (Å²) in [7, 11) is -3.93. The standard InChI is InChI=1S/C24H24N4O3S/c1-15-7-10-18(11-8-15)32(30,31)20-13-19-23(28(22(20)25)17-5-3-4-6-17)26-21-12-9-16(2)14-27(21)24(19)29/h7-14,17,25H,3-6H2,1-2H3/p+1. The van der Waals surface area contributed by atoms with Gasteiger partial charge in [0.1, 0.15) is 10.3 Å². The third-order valence-corrected chi connectivity index (χ3v) is 8.11. The van der Waals surface area contributed by atoms with Gasteiger partial charge in [0.2, 0.25) is 21.3 Å². The minimum atomic E-state index is -3.93. The van der Waals surface area contributed by atoms with Gasteiger partial charge in [-0.3, -0.25) is 9.20 Å². The van der Waals surface area contributed by atoms with E-state index in [-0.39, 0.29) is 32.6 Å². The molecule has 5 rings (SSSR count). The van der Waals surface area contributed by atoms with E-state index in [2.05, 4.69) is 0 Å². The molecule has 0 bridgehead atoms. The van der Waals surface area contributed by atoms with Gasteiger partial charge in [-0.25, -0.2) is 13.0 Å². The molecule has 1 aliphatic carbocycles. The van der Waals surface area contributed by atoms with Crippen LogP contribution in [0, 0.1) is 13.8 Å². The van der Waals surface area contributed by atoms with Crippen LogP contribution in [0.25, 0.3) is 16.7 Å². The molecular weight excluding hydrogens is 424 g/mol. The molecule has 0 spiro atoms. The van der Waals surface area contributed by atoms with Crippen molar-refractivity contribution in [1.82, 2.24) is 9.38 Å². The van der Waals surface area contributed by atoms with Crippen molar-refractivity contribution in [3.8, 4) is 0 Å². The van der Waals surface area contributed by atoms with Crippen molar-refractivity contribution in [2.24, 2.45) is 0 Å². The number of fused-ring (bicyclic) bond motifs is 2. The number of nitrogens with zero attached hydrogens (tertiary/aromatic N) is 3. The zero-order valence-electron chi connectivity index (χ0n) is 18.1. The van der Waals surface area contributed by atoms with Crippen molar-refractivity contribution in [3.63, 3.8) is 0 Å². The number of pyridine rings is 2. The maximum absolute atomic E-state index is 13.6. The van der Waals surface area contributed by atoms with Gasteiger partial charge in [0.25, 0.3) is 11.2 Å². The minimum Gasteiger partial charge on any atom is -0.317 e. The lowest BCUT2D eigenvalue weighted by molar-refractivity contribution is -0.686. The predicted octanol–water partition coefficient (Wildman–Crippen LogP) is 3.28. The fraction of sp³-hybridized carbons (Fsp3) is 0.292. The van der Waals surface area contributed by atoms with Crippen LogP contribution in [-0.2, 0) is 9.84 Å². The zero-order valence-corrected chi connectivity index (χ0v) is 18.9. The first-order valence-electron chi connectivity index (χ1n) is 10.8. The van der Waals surface area contributed by atoms with Crippen LogP contribution in [0.15, 0.2) is 63.2 Å². The summed E-state index contributed by atoms with van der Waals surface area (Å²) in [5.41, 5.74) is 9.04. The molecule has 1 fully saturated rings. The topological polar surface area (TPSA) is 98.4 Å². The molecule has 0 atom stereocenters. The molecule has 164 valence electrons. The van der Waals surface area contributed by atoms with Gasteiger partial charge in [-0.1, -0.05) is 28.7 Å². The van der Waals surface area contributed by atoms with Crippen LogP contribution in [0.2, 0.25) is 0 Å². The minimum absolute atomic E-state index is 0.00506. The van der Waals surface area contributed by atoms with Crippen LogP contribution in [0.5, 0.6) is 0 Å². The third kappa shape index (κ3) is 3.17. The molecule has 1 aromatic carbocycles. The van der Waals surface area contributed by atoms with E-state index in [0.29, 0.717) is 11.3 Å². The summed E-state index contributed by atoms with van der Waals surface area (Å²) in [6, 6.07) is 11.7. The van der Waals surface area contributed by atoms with Gasteiger partial charge in [0.05, 0.1) is 10.9 Å². The van der Waals surface area contributed by atoms with Gasteiger partial charge in [0.15, 0.2) is 0 Å². The van der Waals surface area contributed by atoms with Crippen molar-refractivity contribution in [1.29, 1.82) is 0 Å². The van der Waals surface area contributed by atoms with E-state index < -0.39 is 9.84 Å². The molecule has 8 heteroatoms. The summed E-state index contributed by atoms with van der Waals surface area (Å²) in [5.74, 6) is 0.133. The van der Waals surface area contributed by atoms with E-state index in [1.807, 2.05) is 19.9 Å². The van der Waals surface area contributed by atoms with Crippen molar-refractivity contribution in [3.05, 3.63) is 70.1 Å². The number of benzene rings is 1. The Balaban J connectivity index is 1.89. The second kappa shape index (κ2) is 7.41. The Bertz CT molecular complexity index is 1530. The van der Waals surface area contributed by atoms with Crippen molar-refractivity contribution < 1.29 is 13.0 Å². The van der Waals surface area contributed by atoms with E-state index >= 15 is 0 Å². The van der Waals surface area contributed by atoms with Gasteiger partial charge < -0.3 is 5.73 Å². The molecule has 0 unspecified atom stereocenters. The molecule has 3 aromatic heterocycles. The van der Waals surface area contributed by atoms with Gasteiger partial charge >= 0.3 is 0 Å². The molecule has 0 saturated heterocycles. The average molecular weight is 450 g/mol. The maximum Gasteiger partial charge on any atom is 0.278 e. The fourth-order valence-electron chi connectivity index (χ4n) is 4.59. The van der Waals surface area contributed by atoms with Crippen molar-refractivity contribution in [2.45, 2.75) is 55.4 Å². The van der Waals surface area contributed by atoms with E-state index in [1.54, 1.807) is 41.1 Å². The Morgan fingerprint density at radius 2 is 1.69 bits per heavy atom. The van der Waals surface area contributed by atoms with Crippen molar-refractivity contribution in [2.75, 3.05) is 5.73 Å². The smallest absolute Gasteiger partial charge is 0.278 e. The monoisotopic (exact) mass is 449 g/mol. The Morgan fingerprint density at radius 1 is 1.03 bits per heavy atom. The number of hydrogen-bond acceptors (Lipinski definition) is 5. The van der Waals surface area contributed by atoms with Crippen LogP contribution in [0.4, 0.5) is 5.82 Å². The number of rotatable bonds is 3. The molecule has 1 aliphatic rings.